The van der Waals surface area contributed by atoms with E-state index in [2.05, 4.69) is 5.32 Å². The number of aliphatic hydroxyl groups is 1. The molecule has 4 rings (SSSR count). The Kier molecular flexibility index (Phi) is 7.38. The maximum atomic E-state index is 12.9. The lowest BCUT2D eigenvalue weighted by Gasteiger charge is -2.31. The highest BCUT2D eigenvalue weighted by molar-refractivity contribution is 6.31. The molecule has 0 aromatic heterocycles. The molecule has 2 fully saturated rings. The van der Waals surface area contributed by atoms with Crippen LogP contribution in [0.1, 0.15) is 29.6 Å². The van der Waals surface area contributed by atoms with Crippen molar-refractivity contribution in [3.63, 3.8) is 0 Å². The molecule has 1 atom stereocenters. The fourth-order valence-electron chi connectivity index (χ4n) is 4.47. The lowest BCUT2D eigenvalue weighted by atomic mass is 9.97. The second kappa shape index (κ2) is 10.4. The summed E-state index contributed by atoms with van der Waals surface area (Å²) in [5.74, 6) is -0.361. The van der Waals surface area contributed by atoms with Crippen molar-refractivity contribution in [3.05, 3.63) is 53.1 Å². The molecule has 3 amide bonds. The summed E-state index contributed by atoms with van der Waals surface area (Å²) in [5, 5.41) is 12.6. The van der Waals surface area contributed by atoms with Crippen molar-refractivity contribution >= 4 is 40.7 Å². The van der Waals surface area contributed by atoms with Crippen LogP contribution in [0, 0.1) is 11.8 Å². The highest BCUT2D eigenvalue weighted by Crippen LogP contribution is 2.35. The van der Waals surface area contributed by atoms with Crippen LogP contribution in [0.5, 0.6) is 5.75 Å². The van der Waals surface area contributed by atoms with Crippen molar-refractivity contribution in [3.8, 4) is 5.75 Å². The average molecular weight is 486 g/mol. The number of anilines is 2. The number of halogens is 1. The maximum absolute atomic E-state index is 12.9. The highest BCUT2D eigenvalue weighted by atomic mass is 35.5. The number of benzene rings is 2. The third-order valence-corrected chi connectivity index (χ3v) is 6.70. The fraction of sp³-hybridized carbons (Fsp3) is 0.400. The monoisotopic (exact) mass is 485 g/mol. The summed E-state index contributed by atoms with van der Waals surface area (Å²) in [5.41, 5.74) is 1.54. The van der Waals surface area contributed by atoms with Gasteiger partial charge in [-0.25, -0.2) is 0 Å². The van der Waals surface area contributed by atoms with Crippen molar-refractivity contribution < 1.29 is 24.2 Å². The average Bonchev–Trinajstić information content (AvgIpc) is 3.25. The van der Waals surface area contributed by atoms with Gasteiger partial charge in [-0.05, 0) is 55.2 Å². The smallest absolute Gasteiger partial charge is 0.253 e. The number of hydrogen-bond acceptors (Lipinski definition) is 5. The second-order valence-electron chi connectivity index (χ2n) is 8.71. The molecule has 180 valence electrons. The minimum absolute atomic E-state index is 0.0694. The van der Waals surface area contributed by atoms with Crippen LogP contribution < -0.4 is 15.0 Å². The molecule has 0 spiro atoms. The standard InChI is InChI=1S/C25H28ClN3O5/c1-34-22-6-5-19(26)13-21(22)29-14-18(12-23(29)31)24(32)27-20-4-2-3-17(11-20)25(33)28-9-7-16(15-30)8-10-28/h2-6,11,13,16,18,30H,7-10,12,14-15H2,1H3,(H,27,32). The van der Waals surface area contributed by atoms with Crippen LogP contribution in [-0.2, 0) is 9.59 Å². The lowest BCUT2D eigenvalue weighted by Crippen LogP contribution is -2.39. The summed E-state index contributed by atoms with van der Waals surface area (Å²) in [6, 6.07) is 11.9. The molecule has 2 saturated heterocycles. The molecular formula is C25H28ClN3O5. The van der Waals surface area contributed by atoms with Gasteiger partial charge in [-0.3, -0.25) is 14.4 Å². The summed E-state index contributed by atoms with van der Waals surface area (Å²) < 4.78 is 5.35. The van der Waals surface area contributed by atoms with Gasteiger partial charge in [-0.2, -0.15) is 0 Å². The molecule has 2 N–H and O–H groups in total. The zero-order chi connectivity index (χ0) is 24.2. The Balaban J connectivity index is 1.41. The van der Waals surface area contributed by atoms with Crippen LogP contribution in [0.25, 0.3) is 0 Å². The first kappa shape index (κ1) is 24.0. The number of methoxy groups -OCH3 is 1. The van der Waals surface area contributed by atoms with E-state index in [-0.39, 0.29) is 43.2 Å². The van der Waals surface area contributed by atoms with Gasteiger partial charge in [0.2, 0.25) is 11.8 Å². The van der Waals surface area contributed by atoms with E-state index >= 15 is 0 Å². The largest absolute Gasteiger partial charge is 0.495 e. The third-order valence-electron chi connectivity index (χ3n) is 6.46. The first-order valence-electron chi connectivity index (χ1n) is 11.3. The Morgan fingerprint density at radius 1 is 1.18 bits per heavy atom. The minimum atomic E-state index is -0.548. The first-order chi connectivity index (χ1) is 16.4. The topological polar surface area (TPSA) is 99.2 Å². The molecule has 0 aliphatic carbocycles. The molecule has 0 saturated carbocycles. The van der Waals surface area contributed by atoms with Gasteiger partial charge in [0.15, 0.2) is 0 Å². The van der Waals surface area contributed by atoms with E-state index in [0.29, 0.717) is 40.8 Å². The number of amides is 3. The zero-order valence-corrected chi connectivity index (χ0v) is 19.8. The van der Waals surface area contributed by atoms with Crippen molar-refractivity contribution in [1.29, 1.82) is 0 Å². The normalized spacial score (nSPS) is 18.8. The minimum Gasteiger partial charge on any atom is -0.495 e. The van der Waals surface area contributed by atoms with Crippen molar-refractivity contribution in [2.24, 2.45) is 11.8 Å². The third kappa shape index (κ3) is 5.18. The van der Waals surface area contributed by atoms with Gasteiger partial charge >= 0.3 is 0 Å². The Morgan fingerprint density at radius 2 is 1.94 bits per heavy atom. The van der Waals surface area contributed by atoms with Gasteiger partial charge in [0, 0.05) is 48.9 Å². The van der Waals surface area contributed by atoms with Crippen LogP contribution >= 0.6 is 11.6 Å². The molecule has 2 aliphatic rings. The number of likely N-dealkylation sites (tertiary alicyclic amines) is 1. The number of ether oxygens (including phenoxy) is 1. The van der Waals surface area contributed by atoms with E-state index in [0.717, 1.165) is 12.8 Å². The number of hydrogen-bond donors (Lipinski definition) is 2. The molecule has 2 aliphatic heterocycles. The molecular weight excluding hydrogens is 458 g/mol. The number of carbonyl (C=O) groups is 3. The molecule has 2 heterocycles. The highest BCUT2D eigenvalue weighted by Gasteiger charge is 2.36. The fourth-order valence-corrected chi connectivity index (χ4v) is 4.63. The van der Waals surface area contributed by atoms with Gasteiger partial charge < -0.3 is 25.0 Å². The van der Waals surface area contributed by atoms with Crippen LogP contribution in [0.15, 0.2) is 42.5 Å². The SMILES string of the molecule is COc1ccc(Cl)cc1N1CC(C(=O)Nc2cccc(C(=O)N3CCC(CO)CC3)c2)CC1=O. The van der Waals surface area contributed by atoms with E-state index in [9.17, 15) is 19.5 Å². The molecule has 0 radical (unpaired) electrons. The zero-order valence-electron chi connectivity index (χ0n) is 19.0. The summed E-state index contributed by atoms with van der Waals surface area (Å²) in [4.78, 5) is 41.8. The molecule has 0 bridgehead atoms. The van der Waals surface area contributed by atoms with E-state index in [1.54, 1.807) is 47.4 Å². The van der Waals surface area contributed by atoms with Crippen LogP contribution in [0.4, 0.5) is 11.4 Å². The molecule has 2 aromatic rings. The van der Waals surface area contributed by atoms with Crippen molar-refractivity contribution in [2.45, 2.75) is 19.3 Å². The van der Waals surface area contributed by atoms with Gasteiger partial charge in [-0.15, -0.1) is 0 Å². The second-order valence-corrected chi connectivity index (χ2v) is 9.15. The predicted molar refractivity (Wildman–Crippen MR) is 129 cm³/mol. The van der Waals surface area contributed by atoms with E-state index < -0.39 is 5.92 Å². The number of nitrogens with one attached hydrogen (secondary N) is 1. The maximum Gasteiger partial charge on any atom is 0.253 e. The van der Waals surface area contributed by atoms with Gasteiger partial charge in [0.05, 0.1) is 18.7 Å². The van der Waals surface area contributed by atoms with E-state index in [1.165, 1.54) is 12.0 Å². The summed E-state index contributed by atoms with van der Waals surface area (Å²) in [6.07, 6.45) is 1.63. The molecule has 8 nitrogen and oxygen atoms in total. The summed E-state index contributed by atoms with van der Waals surface area (Å²) >= 11 is 6.10. The van der Waals surface area contributed by atoms with Crippen molar-refractivity contribution in [2.75, 3.05) is 43.6 Å². The van der Waals surface area contributed by atoms with Crippen molar-refractivity contribution in [1.82, 2.24) is 4.90 Å². The Labute approximate surface area is 203 Å². The Morgan fingerprint density at radius 3 is 2.65 bits per heavy atom. The van der Waals surface area contributed by atoms with Crippen LogP contribution in [-0.4, -0.2) is 61.1 Å². The summed E-state index contributed by atoms with van der Waals surface area (Å²) in [7, 11) is 1.51. The number of piperidine rings is 1. The number of rotatable bonds is 6. The van der Waals surface area contributed by atoms with Crippen LogP contribution in [0.3, 0.4) is 0 Å². The predicted octanol–water partition coefficient (Wildman–Crippen LogP) is 3.18. The van der Waals surface area contributed by atoms with E-state index in [1.807, 2.05) is 0 Å². The van der Waals surface area contributed by atoms with Gasteiger partial charge in [-0.1, -0.05) is 17.7 Å². The molecule has 9 heteroatoms. The van der Waals surface area contributed by atoms with Gasteiger partial charge in [0.1, 0.15) is 5.75 Å². The number of nitrogens with zero attached hydrogens (tertiary/aromatic N) is 2. The first-order valence-corrected chi connectivity index (χ1v) is 11.7. The lowest BCUT2D eigenvalue weighted by molar-refractivity contribution is -0.122. The summed E-state index contributed by atoms with van der Waals surface area (Å²) in [6.45, 7) is 1.57. The van der Waals surface area contributed by atoms with Crippen LogP contribution in [0.2, 0.25) is 5.02 Å². The Hall–Kier alpha value is -3.10. The molecule has 34 heavy (non-hydrogen) atoms. The quantitative estimate of drug-likeness (QED) is 0.654. The van der Waals surface area contributed by atoms with Gasteiger partial charge in [0.25, 0.3) is 5.91 Å². The number of aliphatic hydroxyl groups excluding tert-OH is 1. The number of carbonyl (C=O) groups excluding carboxylic acids is 3. The Bertz CT molecular complexity index is 1080. The molecule has 2 aromatic carbocycles. The van der Waals surface area contributed by atoms with E-state index in [4.69, 9.17) is 16.3 Å². The molecule has 1 unspecified atom stereocenters.